The molecule has 7 heteroatoms. The maximum Gasteiger partial charge on any atom is 0.410 e. The number of carboxylic acid groups (broad SMARTS) is 1. The number of nitrogens with one attached hydrogen (secondary N) is 1. The minimum absolute atomic E-state index is 0.0473. The minimum Gasteiger partial charge on any atom is -0.481 e. The third-order valence-electron chi connectivity index (χ3n) is 4.37. The molecule has 1 aliphatic carbocycles. The molecule has 0 bridgehead atoms. The lowest BCUT2D eigenvalue weighted by Gasteiger charge is -2.36. The Balaban J connectivity index is 1.81. The van der Waals surface area contributed by atoms with Crippen LogP contribution in [0.3, 0.4) is 0 Å². The van der Waals surface area contributed by atoms with Crippen LogP contribution in [0.1, 0.15) is 57.8 Å². The SMILES string of the molecule is O=C(O)CC1(CNC(=O)OC2CCCC(=O)O2)CCCCC1. The van der Waals surface area contributed by atoms with Crippen molar-refractivity contribution >= 4 is 18.0 Å². The van der Waals surface area contributed by atoms with Crippen LogP contribution in [0, 0.1) is 5.41 Å². The fourth-order valence-corrected chi connectivity index (χ4v) is 3.22. The predicted molar refractivity (Wildman–Crippen MR) is 76.0 cm³/mol. The Morgan fingerprint density at radius 2 is 2.00 bits per heavy atom. The van der Waals surface area contributed by atoms with Gasteiger partial charge >= 0.3 is 18.0 Å². The number of hydrogen-bond donors (Lipinski definition) is 2. The smallest absolute Gasteiger partial charge is 0.410 e. The molecular weight excluding hydrogens is 290 g/mol. The maximum atomic E-state index is 11.8. The van der Waals surface area contributed by atoms with Crippen LogP contribution in [0.4, 0.5) is 4.79 Å². The van der Waals surface area contributed by atoms with E-state index in [9.17, 15) is 14.4 Å². The van der Waals surface area contributed by atoms with Gasteiger partial charge in [-0.15, -0.1) is 0 Å². The van der Waals surface area contributed by atoms with Crippen LogP contribution in [-0.2, 0) is 19.1 Å². The molecule has 124 valence electrons. The third kappa shape index (κ3) is 4.89. The van der Waals surface area contributed by atoms with Crippen molar-refractivity contribution < 1.29 is 29.0 Å². The Morgan fingerprint density at radius 1 is 1.27 bits per heavy atom. The molecule has 1 aliphatic heterocycles. The summed E-state index contributed by atoms with van der Waals surface area (Å²) in [7, 11) is 0. The van der Waals surface area contributed by atoms with Crippen molar-refractivity contribution in [3.8, 4) is 0 Å². The number of ether oxygens (including phenoxy) is 2. The first-order chi connectivity index (χ1) is 10.5. The summed E-state index contributed by atoms with van der Waals surface area (Å²) < 4.78 is 9.98. The second kappa shape index (κ2) is 7.47. The molecule has 1 amide bonds. The first-order valence-corrected chi connectivity index (χ1v) is 7.85. The van der Waals surface area contributed by atoms with Crippen molar-refractivity contribution in [2.75, 3.05) is 6.54 Å². The third-order valence-corrected chi connectivity index (χ3v) is 4.37. The lowest BCUT2D eigenvalue weighted by Crippen LogP contribution is -2.42. The Hall–Kier alpha value is -1.79. The second-order valence-corrected chi connectivity index (χ2v) is 6.20. The largest absolute Gasteiger partial charge is 0.481 e. The zero-order valence-corrected chi connectivity index (χ0v) is 12.6. The number of carboxylic acids is 1. The van der Waals surface area contributed by atoms with E-state index >= 15 is 0 Å². The molecule has 2 aliphatic rings. The van der Waals surface area contributed by atoms with Gasteiger partial charge in [-0.3, -0.25) is 9.59 Å². The van der Waals surface area contributed by atoms with E-state index in [-0.39, 0.29) is 18.9 Å². The number of alkyl carbamates (subject to hydrolysis) is 1. The standard InChI is InChI=1S/C15H23NO6/c17-11(18)9-15(7-2-1-3-8-15)10-16-14(20)22-13-6-4-5-12(19)21-13/h13H,1-10H2,(H,16,20)(H,17,18). The van der Waals surface area contributed by atoms with E-state index in [1.54, 1.807) is 0 Å². The predicted octanol–water partition coefficient (Wildman–Crippen LogP) is 2.19. The van der Waals surface area contributed by atoms with Gasteiger partial charge in [0.1, 0.15) is 0 Å². The van der Waals surface area contributed by atoms with Crippen molar-refractivity contribution in [3.05, 3.63) is 0 Å². The van der Waals surface area contributed by atoms with Gasteiger partial charge in [-0.25, -0.2) is 4.79 Å². The van der Waals surface area contributed by atoms with E-state index in [0.29, 0.717) is 19.3 Å². The van der Waals surface area contributed by atoms with Gasteiger partial charge in [0, 0.05) is 19.4 Å². The Morgan fingerprint density at radius 3 is 2.64 bits per heavy atom. The molecule has 2 rings (SSSR count). The molecule has 1 unspecified atom stereocenters. The first kappa shape index (κ1) is 16.6. The zero-order valence-electron chi connectivity index (χ0n) is 12.6. The van der Waals surface area contributed by atoms with Gasteiger partial charge in [-0.05, 0) is 24.7 Å². The summed E-state index contributed by atoms with van der Waals surface area (Å²) >= 11 is 0. The van der Waals surface area contributed by atoms with Crippen LogP contribution in [0.5, 0.6) is 0 Å². The van der Waals surface area contributed by atoms with E-state index in [1.807, 2.05) is 0 Å². The number of amides is 1. The molecule has 0 radical (unpaired) electrons. The monoisotopic (exact) mass is 313 g/mol. The zero-order chi connectivity index (χ0) is 16.0. The van der Waals surface area contributed by atoms with Crippen LogP contribution in [0.15, 0.2) is 0 Å². The molecule has 0 aromatic rings. The summed E-state index contributed by atoms with van der Waals surface area (Å²) in [4.78, 5) is 34.0. The molecule has 1 saturated carbocycles. The molecule has 0 aromatic carbocycles. The molecule has 7 nitrogen and oxygen atoms in total. The molecular formula is C15H23NO6. The second-order valence-electron chi connectivity index (χ2n) is 6.20. The number of esters is 1. The molecule has 1 heterocycles. The molecule has 0 spiro atoms. The van der Waals surface area contributed by atoms with Crippen LogP contribution >= 0.6 is 0 Å². The summed E-state index contributed by atoms with van der Waals surface area (Å²) in [6.07, 6.45) is 4.68. The number of carbonyl (C=O) groups excluding carboxylic acids is 2. The average Bonchev–Trinajstić information content (AvgIpc) is 2.46. The van der Waals surface area contributed by atoms with Crippen molar-refractivity contribution in [1.29, 1.82) is 0 Å². The topological polar surface area (TPSA) is 102 Å². The minimum atomic E-state index is -0.849. The van der Waals surface area contributed by atoms with Crippen molar-refractivity contribution in [3.63, 3.8) is 0 Å². The van der Waals surface area contributed by atoms with Gasteiger partial charge in [0.05, 0.1) is 6.42 Å². The number of rotatable bonds is 5. The Labute approximate surface area is 129 Å². The molecule has 1 atom stereocenters. The van der Waals surface area contributed by atoms with Gasteiger partial charge < -0.3 is 19.9 Å². The summed E-state index contributed by atoms with van der Waals surface area (Å²) in [6, 6.07) is 0. The highest BCUT2D eigenvalue weighted by Crippen LogP contribution is 2.38. The van der Waals surface area contributed by atoms with Gasteiger partial charge in [-0.2, -0.15) is 0 Å². The number of hydrogen-bond acceptors (Lipinski definition) is 5. The maximum absolute atomic E-state index is 11.8. The van der Waals surface area contributed by atoms with Gasteiger partial charge in [0.25, 0.3) is 0 Å². The average molecular weight is 313 g/mol. The Kier molecular flexibility index (Phi) is 5.63. The van der Waals surface area contributed by atoms with Gasteiger partial charge in [0.15, 0.2) is 0 Å². The highest BCUT2D eigenvalue weighted by Gasteiger charge is 2.35. The van der Waals surface area contributed by atoms with Crippen LogP contribution in [0.25, 0.3) is 0 Å². The molecule has 22 heavy (non-hydrogen) atoms. The first-order valence-electron chi connectivity index (χ1n) is 7.85. The molecule has 2 fully saturated rings. The van der Waals surface area contributed by atoms with Crippen molar-refractivity contribution in [1.82, 2.24) is 5.32 Å². The van der Waals surface area contributed by atoms with Crippen molar-refractivity contribution in [2.45, 2.75) is 64.1 Å². The Bertz CT molecular complexity index is 430. The fraction of sp³-hybridized carbons (Fsp3) is 0.800. The normalized spacial score (nSPS) is 24.2. The van der Waals surface area contributed by atoms with Crippen LogP contribution in [-0.4, -0.2) is 36.0 Å². The summed E-state index contributed by atoms with van der Waals surface area (Å²) in [6.45, 7) is 0.277. The quantitative estimate of drug-likeness (QED) is 0.754. The fourth-order valence-electron chi connectivity index (χ4n) is 3.22. The van der Waals surface area contributed by atoms with Crippen molar-refractivity contribution in [2.24, 2.45) is 5.41 Å². The summed E-state index contributed by atoms with van der Waals surface area (Å²) in [5.74, 6) is -1.21. The highest BCUT2D eigenvalue weighted by atomic mass is 16.7. The van der Waals surface area contributed by atoms with Gasteiger partial charge in [0.2, 0.25) is 6.29 Å². The van der Waals surface area contributed by atoms with E-state index in [0.717, 1.165) is 32.1 Å². The van der Waals surface area contributed by atoms with Crippen LogP contribution in [0.2, 0.25) is 0 Å². The van der Waals surface area contributed by atoms with E-state index in [2.05, 4.69) is 5.32 Å². The summed E-state index contributed by atoms with van der Waals surface area (Å²) in [5, 5.41) is 11.7. The molecule has 2 N–H and O–H groups in total. The number of cyclic esters (lactones) is 1. The lowest BCUT2D eigenvalue weighted by atomic mass is 9.72. The van der Waals surface area contributed by atoms with E-state index in [4.69, 9.17) is 14.6 Å². The van der Waals surface area contributed by atoms with E-state index in [1.165, 1.54) is 0 Å². The lowest BCUT2D eigenvalue weighted by molar-refractivity contribution is -0.176. The number of carbonyl (C=O) groups is 3. The molecule has 1 saturated heterocycles. The van der Waals surface area contributed by atoms with Crippen LogP contribution < -0.4 is 5.32 Å². The van der Waals surface area contributed by atoms with Gasteiger partial charge in [-0.1, -0.05) is 19.3 Å². The molecule has 0 aromatic heterocycles. The number of aliphatic carboxylic acids is 1. The summed E-state index contributed by atoms with van der Waals surface area (Å²) in [5.41, 5.74) is -0.396. The highest BCUT2D eigenvalue weighted by molar-refractivity contribution is 5.71. The van der Waals surface area contributed by atoms with E-state index < -0.39 is 23.8 Å².